The van der Waals surface area contributed by atoms with Gasteiger partial charge in [-0.05, 0) is 25.7 Å². The van der Waals surface area contributed by atoms with Crippen LogP contribution in [0.4, 0.5) is 0 Å². The first kappa shape index (κ1) is 17.4. The number of hydrogen-bond acceptors (Lipinski definition) is 1. The zero-order valence-corrected chi connectivity index (χ0v) is 12.3. The standard InChI is InChI=1S/C17H32O/c1-2-3-4-5-6-7-8-9-10-11-12-13-14-15-16-17-18/h5-6,17H,2-4,7-16H2,1H3/b6-5-. The van der Waals surface area contributed by atoms with Gasteiger partial charge in [-0.15, -0.1) is 0 Å². The van der Waals surface area contributed by atoms with Gasteiger partial charge in [0.25, 0.3) is 0 Å². The topological polar surface area (TPSA) is 17.1 Å². The summed E-state index contributed by atoms with van der Waals surface area (Å²) >= 11 is 0. The number of carbonyl (C=O) groups excluding carboxylic acids is 1. The summed E-state index contributed by atoms with van der Waals surface area (Å²) in [5.74, 6) is 0. The van der Waals surface area contributed by atoms with Crippen molar-refractivity contribution in [3.05, 3.63) is 12.2 Å². The monoisotopic (exact) mass is 252 g/mol. The van der Waals surface area contributed by atoms with Crippen molar-refractivity contribution >= 4 is 6.29 Å². The summed E-state index contributed by atoms with van der Waals surface area (Å²) in [5.41, 5.74) is 0. The van der Waals surface area contributed by atoms with Crippen molar-refractivity contribution in [2.75, 3.05) is 0 Å². The lowest BCUT2D eigenvalue weighted by molar-refractivity contribution is -0.107. The van der Waals surface area contributed by atoms with Crippen molar-refractivity contribution in [3.8, 4) is 0 Å². The van der Waals surface area contributed by atoms with Gasteiger partial charge in [-0.25, -0.2) is 0 Å². The highest BCUT2D eigenvalue weighted by atomic mass is 16.1. The third-order valence-corrected chi connectivity index (χ3v) is 3.33. The minimum atomic E-state index is 0.754. The van der Waals surface area contributed by atoms with E-state index in [-0.39, 0.29) is 0 Å². The first-order valence-electron chi connectivity index (χ1n) is 8.00. The molecule has 0 aromatic rings. The van der Waals surface area contributed by atoms with E-state index in [0.29, 0.717) is 0 Å². The van der Waals surface area contributed by atoms with Crippen LogP contribution in [0.3, 0.4) is 0 Å². The molecule has 0 aliphatic rings. The van der Waals surface area contributed by atoms with Gasteiger partial charge in [0.05, 0.1) is 0 Å². The van der Waals surface area contributed by atoms with Crippen molar-refractivity contribution in [2.45, 2.75) is 90.4 Å². The van der Waals surface area contributed by atoms with E-state index in [4.69, 9.17) is 0 Å². The van der Waals surface area contributed by atoms with Gasteiger partial charge < -0.3 is 4.79 Å². The second kappa shape index (κ2) is 16.4. The summed E-state index contributed by atoms with van der Waals surface area (Å²) in [6.45, 7) is 2.24. The number of allylic oxidation sites excluding steroid dienone is 2. The second-order valence-corrected chi connectivity index (χ2v) is 5.19. The number of hydrogen-bond donors (Lipinski definition) is 0. The molecular formula is C17H32O. The molecule has 1 heteroatoms. The van der Waals surface area contributed by atoms with Crippen LogP contribution >= 0.6 is 0 Å². The molecule has 0 saturated carbocycles. The van der Waals surface area contributed by atoms with Crippen LogP contribution in [0.1, 0.15) is 90.4 Å². The lowest BCUT2D eigenvalue weighted by Crippen LogP contribution is -1.82. The number of unbranched alkanes of at least 4 members (excludes halogenated alkanes) is 11. The Morgan fingerprint density at radius 3 is 1.56 bits per heavy atom. The highest BCUT2D eigenvalue weighted by molar-refractivity contribution is 5.48. The minimum Gasteiger partial charge on any atom is -0.303 e. The zero-order chi connectivity index (χ0) is 13.3. The van der Waals surface area contributed by atoms with Crippen LogP contribution in [0.5, 0.6) is 0 Å². The van der Waals surface area contributed by atoms with Crippen LogP contribution in [-0.4, -0.2) is 6.29 Å². The molecule has 0 fully saturated rings. The molecule has 0 heterocycles. The maximum atomic E-state index is 10.1. The average molecular weight is 252 g/mol. The van der Waals surface area contributed by atoms with E-state index in [0.717, 1.165) is 19.1 Å². The predicted octanol–water partition coefficient (Wildman–Crippen LogP) is 5.83. The van der Waals surface area contributed by atoms with Crippen molar-refractivity contribution in [1.82, 2.24) is 0 Å². The molecule has 0 N–H and O–H groups in total. The van der Waals surface area contributed by atoms with E-state index in [1.807, 2.05) is 0 Å². The molecule has 18 heavy (non-hydrogen) atoms. The maximum Gasteiger partial charge on any atom is 0.119 e. The second-order valence-electron chi connectivity index (χ2n) is 5.19. The van der Waals surface area contributed by atoms with Crippen molar-refractivity contribution < 1.29 is 4.79 Å². The normalized spacial score (nSPS) is 11.2. The minimum absolute atomic E-state index is 0.754. The van der Waals surface area contributed by atoms with E-state index in [9.17, 15) is 4.79 Å². The Hall–Kier alpha value is -0.590. The van der Waals surface area contributed by atoms with Crippen molar-refractivity contribution in [3.63, 3.8) is 0 Å². The van der Waals surface area contributed by atoms with E-state index in [1.165, 1.54) is 70.6 Å². The van der Waals surface area contributed by atoms with Gasteiger partial charge in [0.1, 0.15) is 6.29 Å². The fourth-order valence-electron chi connectivity index (χ4n) is 2.11. The highest BCUT2D eigenvalue weighted by Crippen LogP contribution is 2.10. The van der Waals surface area contributed by atoms with Crippen LogP contribution in [-0.2, 0) is 4.79 Å². The third-order valence-electron chi connectivity index (χ3n) is 3.33. The Kier molecular flexibility index (Phi) is 15.9. The Morgan fingerprint density at radius 1 is 0.611 bits per heavy atom. The maximum absolute atomic E-state index is 10.1. The SMILES string of the molecule is CCCC/C=C\CCCCCCCCCCC=O. The van der Waals surface area contributed by atoms with E-state index >= 15 is 0 Å². The molecule has 0 bridgehead atoms. The molecule has 106 valence electrons. The van der Waals surface area contributed by atoms with Crippen LogP contribution in [0.25, 0.3) is 0 Å². The van der Waals surface area contributed by atoms with Gasteiger partial charge in [0.15, 0.2) is 0 Å². The van der Waals surface area contributed by atoms with Crippen LogP contribution < -0.4 is 0 Å². The van der Waals surface area contributed by atoms with Gasteiger partial charge in [-0.3, -0.25) is 0 Å². The van der Waals surface area contributed by atoms with Crippen molar-refractivity contribution in [2.24, 2.45) is 0 Å². The summed E-state index contributed by atoms with van der Waals surface area (Å²) < 4.78 is 0. The summed E-state index contributed by atoms with van der Waals surface area (Å²) in [6.07, 6.45) is 22.1. The largest absolute Gasteiger partial charge is 0.303 e. The quantitative estimate of drug-likeness (QED) is 0.216. The molecule has 0 aromatic heterocycles. The van der Waals surface area contributed by atoms with Gasteiger partial charge in [0.2, 0.25) is 0 Å². The molecule has 0 spiro atoms. The summed E-state index contributed by atoms with van der Waals surface area (Å²) in [4.78, 5) is 10.1. The fraction of sp³-hybridized carbons (Fsp3) is 0.824. The van der Waals surface area contributed by atoms with E-state index < -0.39 is 0 Å². The van der Waals surface area contributed by atoms with Gasteiger partial charge >= 0.3 is 0 Å². The average Bonchev–Trinajstić information content (AvgIpc) is 2.39. The number of carbonyl (C=O) groups is 1. The molecule has 0 atom stereocenters. The molecule has 0 saturated heterocycles. The fourth-order valence-corrected chi connectivity index (χ4v) is 2.11. The molecular weight excluding hydrogens is 220 g/mol. The Balaban J connectivity index is 2.98. The smallest absolute Gasteiger partial charge is 0.119 e. The molecule has 0 radical (unpaired) electrons. The third kappa shape index (κ3) is 15.4. The molecule has 0 amide bonds. The molecule has 1 nitrogen and oxygen atoms in total. The molecule has 0 aromatic carbocycles. The predicted molar refractivity (Wildman–Crippen MR) is 80.9 cm³/mol. The van der Waals surface area contributed by atoms with Gasteiger partial charge in [-0.2, -0.15) is 0 Å². The van der Waals surface area contributed by atoms with Gasteiger partial charge in [-0.1, -0.05) is 70.4 Å². The van der Waals surface area contributed by atoms with Crippen LogP contribution in [0.2, 0.25) is 0 Å². The number of aldehydes is 1. The Labute approximate surface area is 114 Å². The number of rotatable bonds is 14. The molecule has 0 rings (SSSR count). The lowest BCUT2D eigenvalue weighted by atomic mass is 10.1. The van der Waals surface area contributed by atoms with E-state index in [2.05, 4.69) is 19.1 Å². The lowest BCUT2D eigenvalue weighted by Gasteiger charge is -2.00. The zero-order valence-electron chi connectivity index (χ0n) is 12.3. The first-order chi connectivity index (χ1) is 8.91. The van der Waals surface area contributed by atoms with Crippen LogP contribution in [0, 0.1) is 0 Å². The molecule has 0 unspecified atom stereocenters. The summed E-state index contributed by atoms with van der Waals surface area (Å²) in [7, 11) is 0. The van der Waals surface area contributed by atoms with E-state index in [1.54, 1.807) is 0 Å². The first-order valence-corrected chi connectivity index (χ1v) is 8.00. The van der Waals surface area contributed by atoms with Crippen molar-refractivity contribution in [1.29, 1.82) is 0 Å². The van der Waals surface area contributed by atoms with Crippen LogP contribution in [0.15, 0.2) is 12.2 Å². The van der Waals surface area contributed by atoms with Gasteiger partial charge in [0, 0.05) is 6.42 Å². The molecule has 0 aliphatic carbocycles. The summed E-state index contributed by atoms with van der Waals surface area (Å²) in [5, 5.41) is 0. The summed E-state index contributed by atoms with van der Waals surface area (Å²) in [6, 6.07) is 0. The Bertz CT molecular complexity index is 184. The highest BCUT2D eigenvalue weighted by Gasteiger charge is 1.91. The Morgan fingerprint density at radius 2 is 1.06 bits per heavy atom. The molecule has 0 aliphatic heterocycles.